The number of carbonyl (C=O) groups excluding carboxylic acids is 1. The lowest BCUT2D eigenvalue weighted by Crippen LogP contribution is -2.28. The van der Waals surface area contributed by atoms with Crippen molar-refractivity contribution in [1.29, 1.82) is 0 Å². The van der Waals surface area contributed by atoms with Crippen LogP contribution in [-0.4, -0.2) is 16.9 Å². The standard InChI is InChI=1S/C6H8NO2/c1-5-4-6(8)2-3-7(5)9/h2-3,5H,4H2,1H3/q-1/t5-/m0/s1. The molecule has 0 fully saturated rings. The summed E-state index contributed by atoms with van der Waals surface area (Å²) >= 11 is 0. The Morgan fingerprint density at radius 2 is 2.56 bits per heavy atom. The first-order chi connectivity index (χ1) is 4.20. The maximum atomic E-state index is 10.6. The van der Waals surface area contributed by atoms with E-state index in [-0.39, 0.29) is 11.8 Å². The molecule has 3 nitrogen and oxygen atoms in total. The van der Waals surface area contributed by atoms with E-state index in [1.54, 1.807) is 6.92 Å². The molecule has 3 heteroatoms. The maximum Gasteiger partial charge on any atom is 0.159 e. The van der Waals surface area contributed by atoms with Gasteiger partial charge in [-0.2, -0.15) is 0 Å². The van der Waals surface area contributed by atoms with Gasteiger partial charge in [0.05, 0.1) is 0 Å². The van der Waals surface area contributed by atoms with Crippen molar-refractivity contribution >= 4 is 5.78 Å². The molecule has 0 radical (unpaired) electrons. The molecule has 0 N–H and O–H groups in total. The number of ketones is 1. The van der Waals surface area contributed by atoms with Crippen molar-refractivity contribution in [3.8, 4) is 0 Å². The van der Waals surface area contributed by atoms with Gasteiger partial charge in [0.2, 0.25) is 0 Å². The van der Waals surface area contributed by atoms with E-state index in [1.807, 2.05) is 0 Å². The Morgan fingerprint density at radius 1 is 1.89 bits per heavy atom. The van der Waals surface area contributed by atoms with E-state index < -0.39 is 0 Å². The van der Waals surface area contributed by atoms with Gasteiger partial charge in [0.1, 0.15) is 0 Å². The average Bonchev–Trinajstić information content (AvgIpc) is 1.80. The lowest BCUT2D eigenvalue weighted by molar-refractivity contribution is -0.115. The van der Waals surface area contributed by atoms with E-state index in [9.17, 15) is 10.0 Å². The molecule has 0 saturated heterocycles. The second kappa shape index (κ2) is 2.19. The number of rotatable bonds is 0. The molecule has 1 rings (SSSR count). The van der Waals surface area contributed by atoms with Crippen LogP contribution >= 0.6 is 0 Å². The number of carbonyl (C=O) groups is 1. The third kappa shape index (κ3) is 1.29. The van der Waals surface area contributed by atoms with Crippen LogP contribution in [0.25, 0.3) is 0 Å². The molecular formula is C6H8NO2-. The van der Waals surface area contributed by atoms with Crippen LogP contribution in [-0.2, 0) is 4.79 Å². The normalized spacial score (nSPS) is 27.1. The molecule has 0 saturated carbocycles. The Morgan fingerprint density at radius 3 is 3.00 bits per heavy atom. The Labute approximate surface area is 53.5 Å². The van der Waals surface area contributed by atoms with Crippen LogP contribution in [0.3, 0.4) is 0 Å². The first-order valence-electron chi connectivity index (χ1n) is 2.86. The van der Waals surface area contributed by atoms with Gasteiger partial charge in [-0.25, -0.2) is 0 Å². The number of hydrogen-bond acceptors (Lipinski definition) is 3. The van der Waals surface area contributed by atoms with Crippen molar-refractivity contribution in [2.45, 2.75) is 19.4 Å². The zero-order chi connectivity index (χ0) is 6.85. The van der Waals surface area contributed by atoms with E-state index in [1.165, 1.54) is 12.3 Å². The number of nitrogens with zero attached hydrogens (tertiary/aromatic N) is 1. The molecular weight excluding hydrogens is 118 g/mol. The summed E-state index contributed by atoms with van der Waals surface area (Å²) < 4.78 is 0. The summed E-state index contributed by atoms with van der Waals surface area (Å²) in [6.07, 6.45) is 2.93. The number of hydrogen-bond donors (Lipinski definition) is 0. The summed E-state index contributed by atoms with van der Waals surface area (Å²) in [5, 5.41) is 11.4. The van der Waals surface area contributed by atoms with E-state index in [0.29, 0.717) is 6.42 Å². The average molecular weight is 126 g/mol. The van der Waals surface area contributed by atoms with Crippen molar-refractivity contribution in [3.05, 3.63) is 17.5 Å². The van der Waals surface area contributed by atoms with Crippen LogP contribution in [0.1, 0.15) is 13.3 Å². The van der Waals surface area contributed by atoms with Crippen LogP contribution in [0.15, 0.2) is 12.3 Å². The summed E-state index contributed by atoms with van der Waals surface area (Å²) in [4.78, 5) is 10.6. The second-order valence-corrected chi connectivity index (χ2v) is 2.20. The summed E-state index contributed by atoms with van der Waals surface area (Å²) in [6.45, 7) is 1.73. The van der Waals surface area contributed by atoms with Crippen molar-refractivity contribution in [1.82, 2.24) is 5.06 Å². The molecule has 1 aliphatic heterocycles. The van der Waals surface area contributed by atoms with E-state index in [4.69, 9.17) is 0 Å². The highest BCUT2D eigenvalue weighted by molar-refractivity contribution is 5.90. The number of allylic oxidation sites excluding steroid dienone is 1. The molecule has 1 atom stereocenters. The number of hydroxylamine groups is 2. The molecule has 0 aromatic rings. The van der Waals surface area contributed by atoms with E-state index in [2.05, 4.69) is 0 Å². The van der Waals surface area contributed by atoms with Gasteiger partial charge in [-0.15, -0.1) is 0 Å². The van der Waals surface area contributed by atoms with Gasteiger partial charge in [-0.1, -0.05) is 0 Å². The monoisotopic (exact) mass is 126 g/mol. The van der Waals surface area contributed by atoms with Gasteiger partial charge in [0.15, 0.2) is 5.78 Å². The molecule has 0 unspecified atom stereocenters. The quantitative estimate of drug-likeness (QED) is 0.479. The fourth-order valence-corrected chi connectivity index (χ4v) is 0.753. The Kier molecular flexibility index (Phi) is 1.53. The Balaban J connectivity index is 2.65. The van der Waals surface area contributed by atoms with Gasteiger partial charge in [-0.3, -0.25) is 4.79 Å². The van der Waals surface area contributed by atoms with E-state index in [0.717, 1.165) is 5.06 Å². The smallest absolute Gasteiger partial charge is 0.159 e. The maximum absolute atomic E-state index is 10.6. The SMILES string of the molecule is C[C@H]1CC(=O)C=CN1[O-]. The fraction of sp³-hybridized carbons (Fsp3) is 0.500. The van der Waals surface area contributed by atoms with E-state index >= 15 is 0 Å². The predicted molar refractivity (Wildman–Crippen MR) is 33.4 cm³/mol. The summed E-state index contributed by atoms with van der Waals surface area (Å²) in [7, 11) is 0. The van der Waals surface area contributed by atoms with Gasteiger partial charge in [0, 0.05) is 12.5 Å². The molecule has 0 aliphatic carbocycles. The highest BCUT2D eigenvalue weighted by Crippen LogP contribution is 2.08. The molecule has 50 valence electrons. The van der Waals surface area contributed by atoms with Gasteiger partial charge in [-0.05, 0) is 19.2 Å². The van der Waals surface area contributed by atoms with Crippen LogP contribution in [0, 0.1) is 5.21 Å². The molecule has 1 aliphatic rings. The van der Waals surface area contributed by atoms with Crippen LogP contribution in [0.4, 0.5) is 0 Å². The minimum Gasteiger partial charge on any atom is -0.759 e. The first kappa shape index (κ1) is 6.29. The van der Waals surface area contributed by atoms with Crippen molar-refractivity contribution in [2.75, 3.05) is 0 Å². The van der Waals surface area contributed by atoms with Gasteiger partial charge in [0.25, 0.3) is 0 Å². The molecule has 0 amide bonds. The highest BCUT2D eigenvalue weighted by Gasteiger charge is 2.10. The van der Waals surface area contributed by atoms with Crippen LogP contribution in [0.2, 0.25) is 0 Å². The van der Waals surface area contributed by atoms with Crippen molar-refractivity contribution < 1.29 is 4.79 Å². The highest BCUT2D eigenvalue weighted by atomic mass is 16.5. The fourth-order valence-electron chi connectivity index (χ4n) is 0.753. The summed E-state index contributed by atoms with van der Waals surface area (Å²) in [6, 6.07) is -0.178. The van der Waals surface area contributed by atoms with Crippen LogP contribution in [0.5, 0.6) is 0 Å². The lowest BCUT2D eigenvalue weighted by atomic mass is 10.1. The topological polar surface area (TPSA) is 43.4 Å². The molecule has 1 heterocycles. The predicted octanol–water partition coefficient (Wildman–Crippen LogP) is 0.661. The van der Waals surface area contributed by atoms with Crippen LogP contribution < -0.4 is 0 Å². The molecule has 9 heavy (non-hydrogen) atoms. The minimum absolute atomic E-state index is 0.0367. The minimum atomic E-state index is -0.178. The molecule has 0 bridgehead atoms. The molecule has 0 aromatic heterocycles. The zero-order valence-corrected chi connectivity index (χ0v) is 5.20. The van der Waals surface area contributed by atoms with Crippen molar-refractivity contribution in [3.63, 3.8) is 0 Å². The van der Waals surface area contributed by atoms with Gasteiger partial charge >= 0.3 is 0 Å². The Bertz CT molecular complexity index is 153. The second-order valence-electron chi connectivity index (χ2n) is 2.20. The third-order valence-electron chi connectivity index (χ3n) is 1.34. The largest absolute Gasteiger partial charge is 0.759 e. The first-order valence-corrected chi connectivity index (χ1v) is 2.86. The molecule has 0 spiro atoms. The zero-order valence-electron chi connectivity index (χ0n) is 5.20. The Hall–Kier alpha value is -0.830. The van der Waals surface area contributed by atoms with Gasteiger partial charge < -0.3 is 10.3 Å². The molecule has 0 aromatic carbocycles. The third-order valence-corrected chi connectivity index (χ3v) is 1.34. The lowest BCUT2D eigenvalue weighted by Gasteiger charge is -2.35. The summed E-state index contributed by atoms with van der Waals surface area (Å²) in [5.74, 6) is 0.0367. The van der Waals surface area contributed by atoms with Crippen molar-refractivity contribution in [2.24, 2.45) is 0 Å². The summed E-state index contributed by atoms with van der Waals surface area (Å²) in [5.41, 5.74) is 0.